The molecule has 1 aromatic carbocycles. The van der Waals surface area contributed by atoms with E-state index < -0.39 is 0 Å². The van der Waals surface area contributed by atoms with Crippen LogP contribution in [0.5, 0.6) is 0 Å². The zero-order chi connectivity index (χ0) is 14.5. The van der Waals surface area contributed by atoms with Gasteiger partial charge < -0.3 is 9.84 Å². The van der Waals surface area contributed by atoms with Crippen LogP contribution in [0, 0.1) is 0 Å². The van der Waals surface area contributed by atoms with Gasteiger partial charge in [0.2, 0.25) is 0 Å². The van der Waals surface area contributed by atoms with E-state index in [4.69, 9.17) is 4.74 Å². The van der Waals surface area contributed by atoms with Crippen LogP contribution in [0.2, 0.25) is 0 Å². The third kappa shape index (κ3) is 3.22. The molecule has 0 spiro atoms. The van der Waals surface area contributed by atoms with E-state index in [1.807, 2.05) is 13.0 Å². The first-order valence-corrected chi connectivity index (χ1v) is 7.77. The van der Waals surface area contributed by atoms with Gasteiger partial charge >= 0.3 is 0 Å². The average Bonchev–Trinajstić information content (AvgIpc) is 2.48. The number of aliphatic hydroxyl groups is 1. The smallest absolute Gasteiger partial charge is 0.0948 e. The molecule has 0 saturated heterocycles. The van der Waals surface area contributed by atoms with Crippen LogP contribution in [0.1, 0.15) is 50.3 Å². The number of ether oxygens (including phenoxy) is 1. The van der Waals surface area contributed by atoms with Crippen molar-refractivity contribution in [3.05, 3.63) is 35.4 Å². The molecule has 0 radical (unpaired) electrons. The Morgan fingerprint density at radius 3 is 2.60 bits per heavy atom. The van der Waals surface area contributed by atoms with Gasteiger partial charge in [-0.15, -0.1) is 0 Å². The monoisotopic (exact) mass is 277 g/mol. The third-order valence-electron chi connectivity index (χ3n) is 4.41. The lowest BCUT2D eigenvalue weighted by Gasteiger charge is -2.40. The van der Waals surface area contributed by atoms with Crippen LogP contribution in [-0.4, -0.2) is 42.4 Å². The van der Waals surface area contributed by atoms with E-state index >= 15 is 0 Å². The molecule has 0 fully saturated rings. The number of hydrogen-bond acceptors (Lipinski definition) is 3. The molecule has 0 heterocycles. The van der Waals surface area contributed by atoms with E-state index in [1.165, 1.54) is 5.56 Å². The maximum absolute atomic E-state index is 10.7. The van der Waals surface area contributed by atoms with Crippen molar-refractivity contribution >= 4 is 0 Å². The van der Waals surface area contributed by atoms with Gasteiger partial charge in [0.25, 0.3) is 0 Å². The van der Waals surface area contributed by atoms with Crippen molar-refractivity contribution in [3.8, 4) is 0 Å². The van der Waals surface area contributed by atoms with Crippen LogP contribution in [-0.2, 0) is 4.74 Å². The van der Waals surface area contributed by atoms with Crippen LogP contribution in [0.3, 0.4) is 0 Å². The zero-order valence-electron chi connectivity index (χ0n) is 12.9. The van der Waals surface area contributed by atoms with Crippen LogP contribution in [0.25, 0.3) is 0 Å². The number of hydrogen-bond donors (Lipinski definition) is 1. The van der Waals surface area contributed by atoms with Crippen molar-refractivity contribution in [2.75, 3.05) is 26.3 Å². The highest BCUT2D eigenvalue weighted by Crippen LogP contribution is 2.39. The van der Waals surface area contributed by atoms with Gasteiger partial charge in [0.05, 0.1) is 12.7 Å². The largest absolute Gasteiger partial charge is 0.387 e. The number of nitrogens with zero attached hydrogens (tertiary/aromatic N) is 1. The first kappa shape index (κ1) is 15.5. The van der Waals surface area contributed by atoms with Crippen molar-refractivity contribution in [2.45, 2.75) is 45.3 Å². The minimum absolute atomic E-state index is 0.199. The summed E-state index contributed by atoms with van der Waals surface area (Å²) >= 11 is 0. The number of likely N-dealkylation sites (N-methyl/N-ethyl adjacent to an activating group) is 1. The van der Waals surface area contributed by atoms with Crippen molar-refractivity contribution in [3.63, 3.8) is 0 Å². The first-order valence-electron chi connectivity index (χ1n) is 7.77. The topological polar surface area (TPSA) is 32.7 Å². The first-order chi connectivity index (χ1) is 9.69. The normalized spacial score (nSPS) is 25.8. The maximum Gasteiger partial charge on any atom is 0.0948 e. The van der Waals surface area contributed by atoms with E-state index in [9.17, 15) is 5.11 Å². The summed E-state index contributed by atoms with van der Waals surface area (Å²) in [5.41, 5.74) is 2.41. The standard InChI is InChI=1S/C17H27NO2/c1-4-18(10-11-20-5-2)16-12-13(3)14-8-6-7-9-15(14)17(16)19/h6-9,13,16-17,19H,4-5,10-12H2,1-3H3. The number of rotatable bonds is 6. The highest BCUT2D eigenvalue weighted by atomic mass is 16.5. The number of aliphatic hydroxyl groups excluding tert-OH is 1. The highest BCUT2D eigenvalue weighted by Gasteiger charge is 2.34. The number of fused-ring (bicyclic) bond motifs is 1. The number of benzene rings is 1. The molecule has 1 aliphatic carbocycles. The molecular weight excluding hydrogens is 250 g/mol. The molecule has 0 aliphatic heterocycles. The molecule has 112 valence electrons. The summed E-state index contributed by atoms with van der Waals surface area (Å²) in [7, 11) is 0. The molecule has 3 atom stereocenters. The Kier molecular flexibility index (Phi) is 5.58. The molecular formula is C17H27NO2. The van der Waals surface area contributed by atoms with Crippen LogP contribution >= 0.6 is 0 Å². The summed E-state index contributed by atoms with van der Waals surface area (Å²) in [5, 5.41) is 10.7. The lowest BCUT2D eigenvalue weighted by molar-refractivity contribution is 0.0165. The summed E-state index contributed by atoms with van der Waals surface area (Å²) in [5.74, 6) is 0.501. The molecule has 1 aromatic rings. The highest BCUT2D eigenvalue weighted by molar-refractivity contribution is 5.35. The fourth-order valence-corrected chi connectivity index (χ4v) is 3.29. The van der Waals surface area contributed by atoms with Gasteiger partial charge in [-0.1, -0.05) is 38.1 Å². The SMILES string of the molecule is CCOCCN(CC)C1CC(C)c2ccccc2C1O. The second-order valence-corrected chi connectivity index (χ2v) is 5.60. The molecule has 3 heteroatoms. The molecule has 2 rings (SSSR count). The zero-order valence-corrected chi connectivity index (χ0v) is 12.9. The van der Waals surface area contributed by atoms with Crippen LogP contribution in [0.4, 0.5) is 0 Å². The van der Waals surface area contributed by atoms with E-state index in [0.29, 0.717) is 5.92 Å². The molecule has 0 saturated carbocycles. The van der Waals surface area contributed by atoms with Crippen LogP contribution in [0.15, 0.2) is 24.3 Å². The minimum Gasteiger partial charge on any atom is -0.387 e. The molecule has 1 N–H and O–H groups in total. The summed E-state index contributed by atoms with van der Waals surface area (Å²) in [6.45, 7) is 9.76. The van der Waals surface area contributed by atoms with Crippen molar-refractivity contribution < 1.29 is 9.84 Å². The van der Waals surface area contributed by atoms with E-state index in [2.05, 4.69) is 36.9 Å². The van der Waals surface area contributed by atoms with E-state index in [0.717, 1.165) is 38.3 Å². The summed E-state index contributed by atoms with van der Waals surface area (Å²) in [4.78, 5) is 2.35. The average molecular weight is 277 g/mol. The molecule has 20 heavy (non-hydrogen) atoms. The Morgan fingerprint density at radius 2 is 1.95 bits per heavy atom. The predicted octanol–water partition coefficient (Wildman–Crippen LogP) is 2.95. The van der Waals surface area contributed by atoms with Gasteiger partial charge in [-0.25, -0.2) is 0 Å². The maximum atomic E-state index is 10.7. The summed E-state index contributed by atoms with van der Waals surface area (Å²) in [6, 6.07) is 8.50. The van der Waals surface area contributed by atoms with Gasteiger partial charge in [-0.3, -0.25) is 4.90 Å². The van der Waals surface area contributed by atoms with Crippen molar-refractivity contribution in [1.82, 2.24) is 4.90 Å². The quantitative estimate of drug-likeness (QED) is 0.812. The lowest BCUT2D eigenvalue weighted by Crippen LogP contribution is -2.44. The van der Waals surface area contributed by atoms with Gasteiger partial charge in [-0.2, -0.15) is 0 Å². The van der Waals surface area contributed by atoms with Gasteiger partial charge in [0.1, 0.15) is 0 Å². The third-order valence-corrected chi connectivity index (χ3v) is 4.41. The second-order valence-electron chi connectivity index (χ2n) is 5.60. The molecule has 0 bridgehead atoms. The summed E-state index contributed by atoms with van der Waals surface area (Å²) in [6.07, 6.45) is 0.627. The Hall–Kier alpha value is -0.900. The molecule has 1 aliphatic rings. The van der Waals surface area contributed by atoms with Crippen molar-refractivity contribution in [1.29, 1.82) is 0 Å². The van der Waals surface area contributed by atoms with Gasteiger partial charge in [-0.05, 0) is 36.9 Å². The molecule has 3 unspecified atom stereocenters. The lowest BCUT2D eigenvalue weighted by atomic mass is 9.78. The molecule has 0 aromatic heterocycles. The van der Waals surface area contributed by atoms with Gasteiger partial charge in [0, 0.05) is 19.2 Å². The fourth-order valence-electron chi connectivity index (χ4n) is 3.29. The molecule has 0 amide bonds. The van der Waals surface area contributed by atoms with E-state index in [1.54, 1.807) is 0 Å². The fraction of sp³-hybridized carbons (Fsp3) is 0.647. The Morgan fingerprint density at radius 1 is 1.25 bits per heavy atom. The van der Waals surface area contributed by atoms with Gasteiger partial charge in [0.15, 0.2) is 0 Å². The predicted molar refractivity (Wildman–Crippen MR) is 82.0 cm³/mol. The van der Waals surface area contributed by atoms with Crippen molar-refractivity contribution in [2.24, 2.45) is 0 Å². The Balaban J connectivity index is 2.13. The Bertz CT molecular complexity index is 421. The minimum atomic E-state index is -0.385. The summed E-state index contributed by atoms with van der Waals surface area (Å²) < 4.78 is 5.46. The second kappa shape index (κ2) is 7.21. The molecule has 3 nitrogen and oxygen atoms in total. The Labute approximate surface area is 122 Å². The van der Waals surface area contributed by atoms with E-state index in [-0.39, 0.29) is 12.1 Å². The van der Waals surface area contributed by atoms with Crippen LogP contribution < -0.4 is 0 Å².